The fraction of sp³-hybridized carbons (Fsp3) is 1.00. The molecule has 1 saturated carbocycles. The zero-order chi connectivity index (χ0) is 12.4. The van der Waals surface area contributed by atoms with Gasteiger partial charge in [-0.15, -0.1) is 0 Å². The maximum absolute atomic E-state index is 12.5. The second-order valence-corrected chi connectivity index (χ2v) is 4.04. The fourth-order valence-electron chi connectivity index (χ4n) is 2.01. The van der Waals surface area contributed by atoms with E-state index in [9.17, 15) is 26.3 Å². The molecule has 0 bridgehead atoms. The zero-order valence-electron chi connectivity index (χ0n) is 8.46. The normalized spacial score (nSPS) is 28.1. The summed E-state index contributed by atoms with van der Waals surface area (Å²) in [5, 5.41) is 1.97. The van der Waals surface area contributed by atoms with E-state index in [4.69, 9.17) is 0 Å². The Kier molecular flexibility index (Phi) is 4.09. The highest BCUT2D eigenvalue weighted by Gasteiger charge is 2.46. The Bertz CT molecular complexity index is 221. The summed E-state index contributed by atoms with van der Waals surface area (Å²) >= 11 is 0. The number of hydrogen-bond donors (Lipinski definition) is 1. The average molecular weight is 249 g/mol. The lowest BCUT2D eigenvalue weighted by Crippen LogP contribution is -2.48. The molecule has 0 aromatic carbocycles. The lowest BCUT2D eigenvalue weighted by atomic mass is 9.84. The third-order valence-electron chi connectivity index (χ3n) is 2.75. The minimum Gasteiger partial charge on any atom is -0.305 e. The first kappa shape index (κ1) is 13.6. The maximum atomic E-state index is 12.5. The molecule has 0 aromatic heterocycles. The summed E-state index contributed by atoms with van der Waals surface area (Å²) in [7, 11) is 0. The van der Waals surface area contributed by atoms with Gasteiger partial charge in [-0.05, 0) is 12.8 Å². The van der Waals surface area contributed by atoms with Crippen LogP contribution in [0.5, 0.6) is 0 Å². The highest BCUT2D eigenvalue weighted by Crippen LogP contribution is 2.37. The SMILES string of the molecule is FC(F)(F)CNC1CCCCC1C(F)(F)F. The summed E-state index contributed by atoms with van der Waals surface area (Å²) in [6.07, 6.45) is -7.84. The molecular weight excluding hydrogens is 236 g/mol. The van der Waals surface area contributed by atoms with Gasteiger partial charge in [0.2, 0.25) is 0 Å². The van der Waals surface area contributed by atoms with Gasteiger partial charge in [-0.2, -0.15) is 26.3 Å². The molecule has 0 aliphatic heterocycles. The van der Waals surface area contributed by atoms with E-state index in [1.807, 2.05) is 5.32 Å². The molecule has 2 unspecified atom stereocenters. The van der Waals surface area contributed by atoms with Crippen molar-refractivity contribution in [3.8, 4) is 0 Å². The third kappa shape index (κ3) is 4.19. The predicted molar refractivity (Wildman–Crippen MR) is 45.9 cm³/mol. The fourth-order valence-corrected chi connectivity index (χ4v) is 2.01. The topological polar surface area (TPSA) is 12.0 Å². The molecule has 1 N–H and O–H groups in total. The minimum absolute atomic E-state index is 0.0843. The number of alkyl halides is 6. The van der Waals surface area contributed by atoms with Crippen molar-refractivity contribution >= 4 is 0 Å². The van der Waals surface area contributed by atoms with E-state index in [0.29, 0.717) is 12.8 Å². The Morgan fingerprint density at radius 1 is 0.938 bits per heavy atom. The van der Waals surface area contributed by atoms with Gasteiger partial charge >= 0.3 is 12.4 Å². The molecule has 0 heterocycles. The molecule has 0 amide bonds. The van der Waals surface area contributed by atoms with Crippen LogP contribution in [-0.4, -0.2) is 24.9 Å². The van der Waals surface area contributed by atoms with Crippen molar-refractivity contribution in [2.24, 2.45) is 5.92 Å². The lowest BCUT2D eigenvalue weighted by molar-refractivity contribution is -0.192. The van der Waals surface area contributed by atoms with E-state index >= 15 is 0 Å². The summed E-state index contributed by atoms with van der Waals surface area (Å²) < 4.78 is 73.1. The summed E-state index contributed by atoms with van der Waals surface area (Å²) in [4.78, 5) is 0. The highest BCUT2D eigenvalue weighted by molar-refractivity contribution is 4.86. The van der Waals surface area contributed by atoms with Crippen LogP contribution < -0.4 is 5.32 Å². The standard InChI is InChI=1S/C9H13F6N/c10-8(11,12)5-16-7-4-2-1-3-6(7)9(13,14)15/h6-7,16H,1-5H2. The third-order valence-corrected chi connectivity index (χ3v) is 2.75. The van der Waals surface area contributed by atoms with Crippen molar-refractivity contribution < 1.29 is 26.3 Å². The van der Waals surface area contributed by atoms with Crippen molar-refractivity contribution in [2.45, 2.75) is 44.1 Å². The zero-order valence-corrected chi connectivity index (χ0v) is 8.46. The Morgan fingerprint density at radius 3 is 2.00 bits per heavy atom. The first-order chi connectivity index (χ1) is 7.20. The Hall–Kier alpha value is -0.460. The number of nitrogens with one attached hydrogen (secondary N) is 1. The molecule has 7 heteroatoms. The molecule has 0 radical (unpaired) electrons. The van der Waals surface area contributed by atoms with Gasteiger partial charge in [0.25, 0.3) is 0 Å². The van der Waals surface area contributed by atoms with Crippen molar-refractivity contribution in [2.75, 3.05) is 6.54 Å². The number of halogens is 6. The van der Waals surface area contributed by atoms with Crippen molar-refractivity contribution in [1.82, 2.24) is 5.32 Å². The van der Waals surface area contributed by atoms with Crippen LogP contribution in [-0.2, 0) is 0 Å². The summed E-state index contributed by atoms with van der Waals surface area (Å²) in [5.41, 5.74) is 0. The van der Waals surface area contributed by atoms with Crippen molar-refractivity contribution in [1.29, 1.82) is 0 Å². The van der Waals surface area contributed by atoms with E-state index in [0.717, 1.165) is 0 Å². The second kappa shape index (κ2) is 4.81. The van der Waals surface area contributed by atoms with Gasteiger partial charge in [0.05, 0.1) is 12.5 Å². The van der Waals surface area contributed by atoms with E-state index < -0.39 is 30.9 Å². The van der Waals surface area contributed by atoms with Crippen LogP contribution in [0.4, 0.5) is 26.3 Å². The van der Waals surface area contributed by atoms with Gasteiger partial charge < -0.3 is 5.32 Å². The quantitative estimate of drug-likeness (QED) is 0.741. The molecule has 0 saturated heterocycles. The molecule has 0 aromatic rings. The van der Waals surface area contributed by atoms with Crippen molar-refractivity contribution in [3.05, 3.63) is 0 Å². The van der Waals surface area contributed by atoms with E-state index in [-0.39, 0.29) is 12.8 Å². The first-order valence-electron chi connectivity index (χ1n) is 5.07. The molecule has 1 aliphatic carbocycles. The molecule has 0 spiro atoms. The van der Waals surface area contributed by atoms with Gasteiger partial charge in [0, 0.05) is 6.04 Å². The molecule has 16 heavy (non-hydrogen) atoms. The molecular formula is C9H13F6N. The summed E-state index contributed by atoms with van der Waals surface area (Å²) in [6.45, 7) is -1.36. The average Bonchev–Trinajstić information content (AvgIpc) is 2.12. The van der Waals surface area contributed by atoms with Crippen molar-refractivity contribution in [3.63, 3.8) is 0 Å². The molecule has 1 aliphatic rings. The number of rotatable bonds is 2. The molecule has 1 nitrogen and oxygen atoms in total. The minimum atomic E-state index is -4.46. The largest absolute Gasteiger partial charge is 0.401 e. The molecule has 1 rings (SSSR count). The highest BCUT2D eigenvalue weighted by atomic mass is 19.4. The second-order valence-electron chi connectivity index (χ2n) is 4.04. The first-order valence-corrected chi connectivity index (χ1v) is 5.07. The van der Waals surface area contributed by atoms with Crippen LogP contribution in [0.25, 0.3) is 0 Å². The molecule has 2 atom stereocenters. The van der Waals surface area contributed by atoms with Gasteiger partial charge in [-0.25, -0.2) is 0 Å². The monoisotopic (exact) mass is 249 g/mol. The van der Waals surface area contributed by atoms with Crippen LogP contribution >= 0.6 is 0 Å². The molecule has 1 fully saturated rings. The Morgan fingerprint density at radius 2 is 1.50 bits per heavy atom. The van der Waals surface area contributed by atoms with Crippen LogP contribution in [0, 0.1) is 5.92 Å². The van der Waals surface area contributed by atoms with Crippen LogP contribution in [0.1, 0.15) is 25.7 Å². The molecule has 96 valence electrons. The summed E-state index contributed by atoms with van der Waals surface area (Å²) in [6, 6.07) is -1.10. The Balaban J connectivity index is 2.54. The predicted octanol–water partition coefficient (Wildman–Crippen LogP) is 3.26. The van der Waals surface area contributed by atoms with Gasteiger partial charge in [0.1, 0.15) is 0 Å². The van der Waals surface area contributed by atoms with Crippen LogP contribution in [0.3, 0.4) is 0 Å². The van der Waals surface area contributed by atoms with Crippen LogP contribution in [0.2, 0.25) is 0 Å². The van der Waals surface area contributed by atoms with E-state index in [1.54, 1.807) is 0 Å². The smallest absolute Gasteiger partial charge is 0.305 e. The van der Waals surface area contributed by atoms with E-state index in [1.165, 1.54) is 0 Å². The number of hydrogen-bond acceptors (Lipinski definition) is 1. The van der Waals surface area contributed by atoms with Gasteiger partial charge in [-0.3, -0.25) is 0 Å². The van der Waals surface area contributed by atoms with Crippen LogP contribution in [0.15, 0.2) is 0 Å². The Labute approximate surface area is 89.2 Å². The lowest BCUT2D eigenvalue weighted by Gasteiger charge is -2.33. The van der Waals surface area contributed by atoms with E-state index in [2.05, 4.69) is 0 Å². The summed E-state index contributed by atoms with van der Waals surface area (Å²) in [5.74, 6) is -1.65. The van der Waals surface area contributed by atoms with Gasteiger partial charge in [-0.1, -0.05) is 12.8 Å². The maximum Gasteiger partial charge on any atom is 0.401 e. The van der Waals surface area contributed by atoms with Gasteiger partial charge in [0.15, 0.2) is 0 Å².